The lowest BCUT2D eigenvalue weighted by Crippen LogP contribution is -2.33. The zero-order valence-electron chi connectivity index (χ0n) is 9.19. The molecule has 0 spiro atoms. The molecule has 2 atom stereocenters. The summed E-state index contributed by atoms with van der Waals surface area (Å²) in [5.41, 5.74) is 1.44. The Kier molecular flexibility index (Phi) is 3.67. The maximum atomic E-state index is 5.13. The molecule has 1 N–H and O–H groups in total. The molecule has 0 amide bonds. The molecule has 0 aromatic heterocycles. The standard InChI is InChI=1S/C12H17NOS/c1-9(7-14-2)13-11-8-15-12-6-4-3-5-10(11)12/h3-6,9,11,13H,7-8H2,1-2H3. The number of hydrogen-bond acceptors (Lipinski definition) is 3. The quantitative estimate of drug-likeness (QED) is 0.847. The predicted molar refractivity (Wildman–Crippen MR) is 64.4 cm³/mol. The van der Waals surface area contributed by atoms with E-state index in [2.05, 4.69) is 36.5 Å². The lowest BCUT2D eigenvalue weighted by atomic mass is 10.1. The second kappa shape index (κ2) is 5.01. The van der Waals surface area contributed by atoms with Crippen LogP contribution in [0, 0.1) is 0 Å². The third-order valence-corrected chi connectivity index (χ3v) is 3.79. The normalized spacial score (nSPS) is 21.3. The number of ether oxygens (including phenoxy) is 1. The van der Waals surface area contributed by atoms with Crippen molar-refractivity contribution in [3.63, 3.8) is 0 Å². The number of methoxy groups -OCH3 is 1. The minimum atomic E-state index is 0.409. The van der Waals surface area contributed by atoms with Crippen molar-refractivity contribution >= 4 is 11.8 Å². The van der Waals surface area contributed by atoms with Crippen molar-refractivity contribution in [2.45, 2.75) is 23.9 Å². The Morgan fingerprint density at radius 3 is 3.13 bits per heavy atom. The molecule has 82 valence electrons. The third-order valence-electron chi connectivity index (χ3n) is 2.60. The van der Waals surface area contributed by atoms with Gasteiger partial charge < -0.3 is 10.1 Å². The van der Waals surface area contributed by atoms with Gasteiger partial charge in [0, 0.05) is 29.8 Å². The number of benzene rings is 1. The van der Waals surface area contributed by atoms with Gasteiger partial charge in [0.1, 0.15) is 0 Å². The van der Waals surface area contributed by atoms with Crippen LogP contribution in [0.5, 0.6) is 0 Å². The van der Waals surface area contributed by atoms with Gasteiger partial charge in [-0.25, -0.2) is 0 Å². The summed E-state index contributed by atoms with van der Waals surface area (Å²) in [6.45, 7) is 2.93. The SMILES string of the molecule is COCC(C)NC1CSc2ccccc21. The van der Waals surface area contributed by atoms with Crippen molar-refractivity contribution in [2.24, 2.45) is 0 Å². The van der Waals surface area contributed by atoms with Gasteiger partial charge in [0.15, 0.2) is 0 Å². The molecular formula is C12H17NOS. The predicted octanol–water partition coefficient (Wildman–Crippen LogP) is 2.46. The summed E-state index contributed by atoms with van der Waals surface area (Å²) in [5.74, 6) is 1.13. The smallest absolute Gasteiger partial charge is 0.0613 e. The van der Waals surface area contributed by atoms with E-state index in [4.69, 9.17) is 4.74 Å². The van der Waals surface area contributed by atoms with Crippen LogP contribution >= 0.6 is 11.8 Å². The summed E-state index contributed by atoms with van der Waals surface area (Å²) in [7, 11) is 1.75. The van der Waals surface area contributed by atoms with Crippen LogP contribution in [0.1, 0.15) is 18.5 Å². The molecule has 0 saturated carbocycles. The molecule has 0 saturated heterocycles. The Labute approximate surface area is 95.4 Å². The van der Waals surface area contributed by atoms with Gasteiger partial charge in [0.25, 0.3) is 0 Å². The van der Waals surface area contributed by atoms with Crippen LogP contribution in [0.25, 0.3) is 0 Å². The molecule has 1 aliphatic rings. The molecule has 2 rings (SSSR count). The average molecular weight is 223 g/mol. The minimum absolute atomic E-state index is 0.409. The van der Waals surface area contributed by atoms with E-state index in [0.717, 1.165) is 12.4 Å². The second-order valence-electron chi connectivity index (χ2n) is 3.92. The maximum Gasteiger partial charge on any atom is 0.0613 e. The molecule has 1 aliphatic heterocycles. The van der Waals surface area contributed by atoms with Crippen molar-refractivity contribution in [2.75, 3.05) is 19.5 Å². The fourth-order valence-electron chi connectivity index (χ4n) is 1.94. The zero-order chi connectivity index (χ0) is 10.7. The van der Waals surface area contributed by atoms with Crippen molar-refractivity contribution in [3.05, 3.63) is 29.8 Å². The molecule has 1 aromatic carbocycles. The van der Waals surface area contributed by atoms with Gasteiger partial charge in [0.2, 0.25) is 0 Å². The number of thioether (sulfide) groups is 1. The third kappa shape index (κ3) is 2.54. The molecule has 0 radical (unpaired) electrons. The fraction of sp³-hybridized carbons (Fsp3) is 0.500. The summed E-state index contributed by atoms with van der Waals surface area (Å²) >= 11 is 1.93. The van der Waals surface area contributed by atoms with Crippen LogP contribution in [0.15, 0.2) is 29.2 Å². The van der Waals surface area contributed by atoms with E-state index in [1.165, 1.54) is 10.5 Å². The summed E-state index contributed by atoms with van der Waals surface area (Å²) in [6, 6.07) is 9.52. The molecule has 0 bridgehead atoms. The fourth-order valence-corrected chi connectivity index (χ4v) is 3.12. The topological polar surface area (TPSA) is 21.3 Å². The Balaban J connectivity index is 2.01. The van der Waals surface area contributed by atoms with Crippen molar-refractivity contribution in [1.29, 1.82) is 0 Å². The van der Waals surface area contributed by atoms with Gasteiger partial charge >= 0.3 is 0 Å². The van der Waals surface area contributed by atoms with Gasteiger partial charge in [-0.2, -0.15) is 0 Å². The summed E-state index contributed by atoms with van der Waals surface area (Å²) in [6.07, 6.45) is 0. The Morgan fingerprint density at radius 1 is 1.53 bits per heavy atom. The molecule has 2 nitrogen and oxygen atoms in total. The zero-order valence-corrected chi connectivity index (χ0v) is 10.0. The largest absolute Gasteiger partial charge is 0.383 e. The van der Waals surface area contributed by atoms with Crippen LogP contribution in [-0.2, 0) is 4.74 Å². The molecule has 1 aromatic rings. The molecule has 2 unspecified atom stereocenters. The van der Waals surface area contributed by atoms with E-state index in [-0.39, 0.29) is 0 Å². The Morgan fingerprint density at radius 2 is 2.33 bits per heavy atom. The Bertz CT molecular complexity index is 329. The molecule has 0 aliphatic carbocycles. The van der Waals surface area contributed by atoms with E-state index in [1.54, 1.807) is 7.11 Å². The van der Waals surface area contributed by atoms with Gasteiger partial charge in [-0.15, -0.1) is 11.8 Å². The molecule has 1 heterocycles. The highest BCUT2D eigenvalue weighted by molar-refractivity contribution is 7.99. The van der Waals surface area contributed by atoms with Gasteiger partial charge in [-0.05, 0) is 18.6 Å². The minimum Gasteiger partial charge on any atom is -0.383 e. The van der Waals surface area contributed by atoms with Gasteiger partial charge in [-0.3, -0.25) is 0 Å². The van der Waals surface area contributed by atoms with Crippen LogP contribution in [0.2, 0.25) is 0 Å². The van der Waals surface area contributed by atoms with Crippen LogP contribution in [0.4, 0.5) is 0 Å². The van der Waals surface area contributed by atoms with E-state index < -0.39 is 0 Å². The maximum absolute atomic E-state index is 5.13. The van der Waals surface area contributed by atoms with E-state index in [9.17, 15) is 0 Å². The number of rotatable bonds is 4. The first-order valence-corrected chi connectivity index (χ1v) is 6.26. The molecule has 0 fully saturated rings. The van der Waals surface area contributed by atoms with Gasteiger partial charge in [-0.1, -0.05) is 18.2 Å². The van der Waals surface area contributed by atoms with E-state index >= 15 is 0 Å². The number of fused-ring (bicyclic) bond motifs is 1. The van der Waals surface area contributed by atoms with Crippen molar-refractivity contribution in [1.82, 2.24) is 5.32 Å². The summed E-state index contributed by atoms with van der Waals surface area (Å²) in [4.78, 5) is 1.42. The highest BCUT2D eigenvalue weighted by atomic mass is 32.2. The van der Waals surface area contributed by atoms with Crippen molar-refractivity contribution in [3.8, 4) is 0 Å². The van der Waals surface area contributed by atoms with Crippen LogP contribution < -0.4 is 5.32 Å². The monoisotopic (exact) mass is 223 g/mol. The number of hydrogen-bond donors (Lipinski definition) is 1. The molecule has 3 heteroatoms. The number of nitrogens with one attached hydrogen (secondary N) is 1. The Hall–Kier alpha value is -0.510. The van der Waals surface area contributed by atoms with Gasteiger partial charge in [0.05, 0.1) is 6.61 Å². The molecular weight excluding hydrogens is 206 g/mol. The van der Waals surface area contributed by atoms with Crippen molar-refractivity contribution < 1.29 is 4.74 Å². The second-order valence-corrected chi connectivity index (χ2v) is 4.99. The highest BCUT2D eigenvalue weighted by Crippen LogP contribution is 2.37. The first-order chi connectivity index (χ1) is 7.31. The first-order valence-electron chi connectivity index (χ1n) is 5.28. The lowest BCUT2D eigenvalue weighted by Gasteiger charge is -2.19. The van der Waals surface area contributed by atoms with E-state index in [1.807, 2.05) is 11.8 Å². The summed E-state index contributed by atoms with van der Waals surface area (Å²) in [5, 5.41) is 3.59. The highest BCUT2D eigenvalue weighted by Gasteiger charge is 2.23. The molecule has 15 heavy (non-hydrogen) atoms. The first kappa shape index (κ1) is 11.0. The average Bonchev–Trinajstić information content (AvgIpc) is 2.62. The van der Waals surface area contributed by atoms with Crippen LogP contribution in [-0.4, -0.2) is 25.5 Å². The van der Waals surface area contributed by atoms with E-state index in [0.29, 0.717) is 12.1 Å². The lowest BCUT2D eigenvalue weighted by molar-refractivity contribution is 0.168. The summed E-state index contributed by atoms with van der Waals surface area (Å²) < 4.78 is 5.13. The van der Waals surface area contributed by atoms with Crippen LogP contribution in [0.3, 0.4) is 0 Å².